The molecule has 1 aliphatic heterocycles. The third-order valence-corrected chi connectivity index (χ3v) is 5.32. The Labute approximate surface area is 123 Å². The summed E-state index contributed by atoms with van der Waals surface area (Å²) in [6.45, 7) is 2.92. The zero-order valence-electron chi connectivity index (χ0n) is 11.7. The summed E-state index contributed by atoms with van der Waals surface area (Å²) in [6.07, 6.45) is 1.96. The maximum absolute atomic E-state index is 12.6. The van der Waals surface area contributed by atoms with Gasteiger partial charge < -0.3 is 4.90 Å². The number of nitrogens with zero attached hydrogens (tertiary/aromatic N) is 4. The third kappa shape index (κ3) is 3.20. The van der Waals surface area contributed by atoms with E-state index in [1.165, 1.54) is 29.6 Å². The van der Waals surface area contributed by atoms with E-state index in [0.29, 0.717) is 26.1 Å². The van der Waals surface area contributed by atoms with E-state index in [1.54, 1.807) is 11.0 Å². The fourth-order valence-corrected chi connectivity index (χ4v) is 3.83. The minimum atomic E-state index is -3.77. The Morgan fingerprint density at radius 2 is 2.10 bits per heavy atom. The first-order valence-corrected chi connectivity index (χ1v) is 8.01. The van der Waals surface area contributed by atoms with Crippen LogP contribution in [0.2, 0.25) is 0 Å². The Bertz CT molecular complexity index is 681. The molecule has 0 radical (unpaired) electrons. The lowest BCUT2D eigenvalue weighted by Crippen LogP contribution is -2.36. The van der Waals surface area contributed by atoms with Crippen molar-refractivity contribution in [2.45, 2.75) is 18.2 Å². The highest BCUT2D eigenvalue weighted by molar-refractivity contribution is 7.89. The van der Waals surface area contributed by atoms with Gasteiger partial charge in [0.05, 0.1) is 0 Å². The van der Waals surface area contributed by atoms with Gasteiger partial charge in [-0.1, -0.05) is 0 Å². The lowest BCUT2D eigenvalue weighted by atomic mass is 10.4. The predicted octanol–water partition coefficient (Wildman–Crippen LogP) is 0.196. The highest BCUT2D eigenvalue weighted by Gasteiger charge is 2.29. The smallest absolute Gasteiger partial charge is 0.246 e. The summed E-state index contributed by atoms with van der Waals surface area (Å²) in [5, 5.41) is 9.00. The number of hydrogen-bond donors (Lipinski definition) is 0. The van der Waals surface area contributed by atoms with Crippen molar-refractivity contribution >= 4 is 15.9 Å². The van der Waals surface area contributed by atoms with Gasteiger partial charge in [0.1, 0.15) is 11.0 Å². The molecule has 0 aromatic carbocycles. The van der Waals surface area contributed by atoms with Crippen molar-refractivity contribution in [3.05, 3.63) is 24.0 Å². The van der Waals surface area contributed by atoms with Crippen LogP contribution >= 0.6 is 0 Å². The molecule has 2 rings (SSSR count). The third-order valence-electron chi connectivity index (χ3n) is 3.39. The van der Waals surface area contributed by atoms with Crippen LogP contribution in [0.5, 0.6) is 0 Å². The van der Waals surface area contributed by atoms with Crippen molar-refractivity contribution in [1.29, 1.82) is 5.26 Å². The average Bonchev–Trinajstić information content (AvgIpc) is 2.73. The molecule has 1 aromatic heterocycles. The van der Waals surface area contributed by atoms with Gasteiger partial charge in [0.25, 0.3) is 0 Å². The van der Waals surface area contributed by atoms with Gasteiger partial charge in [0, 0.05) is 39.3 Å². The van der Waals surface area contributed by atoms with Gasteiger partial charge in [0.15, 0.2) is 5.69 Å². The van der Waals surface area contributed by atoms with Gasteiger partial charge >= 0.3 is 0 Å². The van der Waals surface area contributed by atoms with Crippen LogP contribution in [0.25, 0.3) is 0 Å². The first-order chi connectivity index (χ1) is 9.96. The van der Waals surface area contributed by atoms with Crippen LogP contribution in [0.3, 0.4) is 0 Å². The molecule has 0 N–H and O–H groups in total. The van der Waals surface area contributed by atoms with E-state index >= 15 is 0 Å². The summed E-state index contributed by atoms with van der Waals surface area (Å²) >= 11 is 0. The van der Waals surface area contributed by atoms with Crippen LogP contribution in [-0.2, 0) is 14.8 Å². The predicted molar refractivity (Wildman–Crippen MR) is 74.6 cm³/mol. The number of hydrogen-bond acceptors (Lipinski definition) is 5. The Morgan fingerprint density at radius 1 is 1.33 bits per heavy atom. The van der Waals surface area contributed by atoms with Crippen molar-refractivity contribution in [3.8, 4) is 6.07 Å². The SMILES string of the molecule is CC(=O)N1CCCN(S(=O)(=O)c2cccnc2C#N)CC1. The molecule has 0 saturated carbocycles. The van der Waals surface area contributed by atoms with Crippen LogP contribution in [0, 0.1) is 11.3 Å². The molecular weight excluding hydrogens is 292 g/mol. The van der Waals surface area contributed by atoms with Crippen molar-refractivity contribution in [3.63, 3.8) is 0 Å². The summed E-state index contributed by atoms with van der Waals surface area (Å²) in [4.78, 5) is 16.7. The quantitative estimate of drug-likeness (QED) is 0.777. The lowest BCUT2D eigenvalue weighted by molar-refractivity contribution is -0.128. The van der Waals surface area contributed by atoms with Crippen LogP contribution in [0.15, 0.2) is 23.2 Å². The van der Waals surface area contributed by atoms with Gasteiger partial charge in [-0.05, 0) is 18.6 Å². The minimum absolute atomic E-state index is 0.0617. The summed E-state index contributed by atoms with van der Waals surface area (Å²) in [5.74, 6) is -0.0617. The number of pyridine rings is 1. The molecule has 0 atom stereocenters. The number of amides is 1. The molecule has 0 bridgehead atoms. The molecule has 112 valence electrons. The van der Waals surface area contributed by atoms with Crippen LogP contribution in [0.1, 0.15) is 19.0 Å². The summed E-state index contributed by atoms with van der Waals surface area (Å²) in [5.41, 5.74) is -0.106. The molecule has 21 heavy (non-hydrogen) atoms. The molecule has 1 aliphatic rings. The maximum Gasteiger partial charge on any atom is 0.246 e. The first-order valence-electron chi connectivity index (χ1n) is 6.57. The molecule has 1 saturated heterocycles. The number of carbonyl (C=O) groups excluding carboxylic acids is 1. The standard InChI is InChI=1S/C13H16N4O3S/c1-11(18)16-6-3-7-17(9-8-16)21(19,20)13-4-2-5-15-12(13)10-14/h2,4-5H,3,6-9H2,1H3. The zero-order chi connectivity index (χ0) is 15.5. The van der Waals surface area contributed by atoms with E-state index in [9.17, 15) is 13.2 Å². The van der Waals surface area contributed by atoms with Crippen molar-refractivity contribution in [2.24, 2.45) is 0 Å². The minimum Gasteiger partial charge on any atom is -0.342 e. The molecular formula is C13H16N4O3S. The first kappa shape index (κ1) is 15.4. The number of rotatable bonds is 2. The molecule has 0 unspecified atom stereocenters. The second kappa shape index (κ2) is 6.20. The highest BCUT2D eigenvalue weighted by atomic mass is 32.2. The number of nitriles is 1. The van der Waals surface area contributed by atoms with Crippen molar-refractivity contribution in [2.75, 3.05) is 26.2 Å². The van der Waals surface area contributed by atoms with Crippen molar-refractivity contribution in [1.82, 2.24) is 14.2 Å². The molecule has 0 spiro atoms. The fourth-order valence-electron chi connectivity index (χ4n) is 2.27. The van der Waals surface area contributed by atoms with E-state index < -0.39 is 10.0 Å². The van der Waals surface area contributed by atoms with E-state index in [2.05, 4.69) is 4.98 Å². The Hall–Kier alpha value is -1.98. The normalized spacial score (nSPS) is 17.0. The fraction of sp³-hybridized carbons (Fsp3) is 0.462. The second-order valence-electron chi connectivity index (χ2n) is 4.73. The van der Waals surface area contributed by atoms with Gasteiger partial charge in [-0.3, -0.25) is 4.79 Å². The van der Waals surface area contributed by atoms with Crippen molar-refractivity contribution < 1.29 is 13.2 Å². The monoisotopic (exact) mass is 308 g/mol. The Morgan fingerprint density at radius 3 is 2.76 bits per heavy atom. The van der Waals surface area contributed by atoms with Gasteiger partial charge in [-0.15, -0.1) is 0 Å². The topological polar surface area (TPSA) is 94.4 Å². The molecule has 1 amide bonds. The number of carbonyl (C=O) groups is 1. The Balaban J connectivity index is 2.28. The maximum atomic E-state index is 12.6. The van der Waals surface area contributed by atoms with Gasteiger partial charge in [0.2, 0.25) is 15.9 Å². The van der Waals surface area contributed by atoms with E-state index in [0.717, 1.165) is 0 Å². The van der Waals surface area contributed by atoms with Gasteiger partial charge in [-0.25, -0.2) is 13.4 Å². The average molecular weight is 308 g/mol. The molecule has 1 fully saturated rings. The number of sulfonamides is 1. The summed E-state index contributed by atoms with van der Waals surface area (Å²) in [7, 11) is -3.77. The van der Waals surface area contributed by atoms with E-state index in [4.69, 9.17) is 5.26 Å². The summed E-state index contributed by atoms with van der Waals surface area (Å²) in [6, 6.07) is 4.68. The Kier molecular flexibility index (Phi) is 4.55. The molecule has 7 nitrogen and oxygen atoms in total. The molecule has 0 aliphatic carbocycles. The second-order valence-corrected chi connectivity index (χ2v) is 6.63. The van der Waals surface area contributed by atoms with Gasteiger partial charge in [-0.2, -0.15) is 9.57 Å². The highest BCUT2D eigenvalue weighted by Crippen LogP contribution is 2.19. The van der Waals surface area contributed by atoms with Crippen LogP contribution in [0.4, 0.5) is 0 Å². The molecule has 2 heterocycles. The summed E-state index contributed by atoms with van der Waals surface area (Å²) < 4.78 is 26.6. The van der Waals surface area contributed by atoms with E-state index in [-0.39, 0.29) is 23.0 Å². The van der Waals surface area contributed by atoms with E-state index in [1.807, 2.05) is 0 Å². The largest absolute Gasteiger partial charge is 0.342 e. The zero-order valence-corrected chi connectivity index (χ0v) is 12.5. The molecule has 8 heteroatoms. The molecule has 1 aromatic rings. The van der Waals surface area contributed by atoms with Crippen LogP contribution < -0.4 is 0 Å². The lowest BCUT2D eigenvalue weighted by Gasteiger charge is -2.21. The van der Waals surface area contributed by atoms with Crippen LogP contribution in [-0.4, -0.2) is 54.7 Å². The number of aromatic nitrogens is 1.